The Morgan fingerprint density at radius 3 is 2.71 bits per heavy atom. The minimum atomic E-state index is -1.10. The van der Waals surface area contributed by atoms with E-state index in [0.717, 1.165) is 0 Å². The van der Waals surface area contributed by atoms with Crippen LogP contribution in [0.5, 0.6) is 0 Å². The number of aromatic carboxylic acids is 1. The molecule has 0 bridgehead atoms. The number of halogens is 1. The van der Waals surface area contributed by atoms with Crippen LogP contribution in [0.2, 0.25) is 0 Å². The van der Waals surface area contributed by atoms with E-state index in [-0.39, 0.29) is 11.3 Å². The van der Waals surface area contributed by atoms with Gasteiger partial charge in [-0.15, -0.1) is 0 Å². The molecule has 1 amide bonds. The predicted molar refractivity (Wildman–Crippen MR) is 68.0 cm³/mol. The minimum absolute atomic E-state index is 0.0241. The third-order valence-electron chi connectivity index (χ3n) is 2.25. The number of carboxylic acids is 1. The molecule has 0 aliphatic rings. The Labute approximate surface area is 107 Å². The van der Waals surface area contributed by atoms with E-state index in [0.29, 0.717) is 10.9 Å². The molecule has 0 saturated heterocycles. The Balaban J connectivity index is 2.98. The van der Waals surface area contributed by atoms with Crippen molar-refractivity contribution in [2.24, 2.45) is 5.73 Å². The summed E-state index contributed by atoms with van der Waals surface area (Å²) in [7, 11) is 0. The molecule has 0 radical (unpaired) electrons. The van der Waals surface area contributed by atoms with Gasteiger partial charge in [0, 0.05) is 4.47 Å². The summed E-state index contributed by atoms with van der Waals surface area (Å²) in [6.07, 6.45) is 0.491. The maximum absolute atomic E-state index is 11.6. The van der Waals surface area contributed by atoms with Crippen molar-refractivity contribution in [2.45, 2.75) is 19.4 Å². The number of carbonyl (C=O) groups is 2. The standard InChI is InChI=1S/C11H13BrN2O3/c1-2-8(13)10(15)14-9-4-3-6(12)5-7(9)11(16)17/h3-5,8H,2,13H2,1H3,(H,14,15)(H,16,17)/t8-/m1/s1. The van der Waals surface area contributed by atoms with Crippen molar-refractivity contribution in [1.29, 1.82) is 0 Å². The van der Waals surface area contributed by atoms with Crippen molar-refractivity contribution in [3.05, 3.63) is 28.2 Å². The average molecular weight is 301 g/mol. The fourth-order valence-electron chi connectivity index (χ4n) is 1.21. The fourth-order valence-corrected chi connectivity index (χ4v) is 1.57. The molecule has 1 aromatic carbocycles. The van der Waals surface area contributed by atoms with E-state index in [1.54, 1.807) is 13.0 Å². The molecule has 92 valence electrons. The third kappa shape index (κ3) is 3.54. The molecular weight excluding hydrogens is 288 g/mol. The van der Waals surface area contributed by atoms with Crippen LogP contribution >= 0.6 is 15.9 Å². The molecule has 0 spiro atoms. The van der Waals surface area contributed by atoms with Gasteiger partial charge in [0.2, 0.25) is 5.91 Å². The average Bonchev–Trinajstić information content (AvgIpc) is 2.29. The van der Waals surface area contributed by atoms with E-state index >= 15 is 0 Å². The van der Waals surface area contributed by atoms with Gasteiger partial charge in [-0.25, -0.2) is 4.79 Å². The second-order valence-corrected chi connectivity index (χ2v) is 4.41. The number of nitrogens with one attached hydrogen (secondary N) is 1. The molecule has 6 heteroatoms. The van der Waals surface area contributed by atoms with E-state index in [2.05, 4.69) is 21.2 Å². The molecule has 0 aromatic heterocycles. The monoisotopic (exact) mass is 300 g/mol. The highest BCUT2D eigenvalue weighted by Crippen LogP contribution is 2.21. The van der Waals surface area contributed by atoms with Crippen molar-refractivity contribution < 1.29 is 14.7 Å². The molecule has 0 aliphatic carbocycles. The van der Waals surface area contributed by atoms with E-state index in [1.807, 2.05) is 0 Å². The zero-order valence-electron chi connectivity index (χ0n) is 9.24. The Kier molecular flexibility index (Phi) is 4.65. The first kappa shape index (κ1) is 13.7. The first-order valence-electron chi connectivity index (χ1n) is 5.05. The summed E-state index contributed by atoms with van der Waals surface area (Å²) in [5.41, 5.74) is 5.82. The number of hydrogen-bond acceptors (Lipinski definition) is 3. The molecule has 1 rings (SSSR count). The van der Waals surface area contributed by atoms with Gasteiger partial charge in [-0.05, 0) is 24.6 Å². The third-order valence-corrected chi connectivity index (χ3v) is 2.74. The number of rotatable bonds is 4. The highest BCUT2D eigenvalue weighted by atomic mass is 79.9. The van der Waals surface area contributed by atoms with Gasteiger partial charge in [0.15, 0.2) is 0 Å². The van der Waals surface area contributed by atoms with Gasteiger partial charge in [-0.3, -0.25) is 4.79 Å². The van der Waals surface area contributed by atoms with Gasteiger partial charge in [-0.2, -0.15) is 0 Å². The topological polar surface area (TPSA) is 92.4 Å². The largest absolute Gasteiger partial charge is 0.478 e. The summed E-state index contributed by atoms with van der Waals surface area (Å²) in [5, 5.41) is 11.5. The van der Waals surface area contributed by atoms with Crippen LogP contribution in [-0.2, 0) is 4.79 Å². The van der Waals surface area contributed by atoms with E-state index in [1.165, 1.54) is 12.1 Å². The lowest BCUT2D eigenvalue weighted by molar-refractivity contribution is -0.117. The zero-order valence-corrected chi connectivity index (χ0v) is 10.8. The molecule has 4 N–H and O–H groups in total. The number of amides is 1. The fraction of sp³-hybridized carbons (Fsp3) is 0.273. The lowest BCUT2D eigenvalue weighted by atomic mass is 10.1. The van der Waals surface area contributed by atoms with Crippen LogP contribution in [0.15, 0.2) is 22.7 Å². The summed E-state index contributed by atoms with van der Waals surface area (Å²) >= 11 is 3.17. The van der Waals surface area contributed by atoms with Gasteiger partial charge in [0.1, 0.15) is 0 Å². The van der Waals surface area contributed by atoms with E-state index < -0.39 is 17.9 Å². The highest BCUT2D eigenvalue weighted by molar-refractivity contribution is 9.10. The van der Waals surface area contributed by atoms with E-state index in [4.69, 9.17) is 10.8 Å². The molecule has 0 heterocycles. The van der Waals surface area contributed by atoms with Crippen molar-refractivity contribution in [3.63, 3.8) is 0 Å². The molecule has 17 heavy (non-hydrogen) atoms. The Morgan fingerprint density at radius 2 is 2.18 bits per heavy atom. The molecule has 1 aromatic rings. The van der Waals surface area contributed by atoms with Gasteiger partial charge in [-0.1, -0.05) is 22.9 Å². The van der Waals surface area contributed by atoms with Gasteiger partial charge < -0.3 is 16.2 Å². The van der Waals surface area contributed by atoms with Crippen molar-refractivity contribution in [1.82, 2.24) is 0 Å². The van der Waals surface area contributed by atoms with Crippen molar-refractivity contribution >= 4 is 33.5 Å². The van der Waals surface area contributed by atoms with Crippen LogP contribution < -0.4 is 11.1 Å². The molecule has 5 nitrogen and oxygen atoms in total. The molecular formula is C11H13BrN2O3. The Bertz CT molecular complexity index is 448. The van der Waals surface area contributed by atoms with Crippen LogP contribution in [0.4, 0.5) is 5.69 Å². The second-order valence-electron chi connectivity index (χ2n) is 3.50. The van der Waals surface area contributed by atoms with Crippen LogP contribution in [0, 0.1) is 0 Å². The summed E-state index contributed by atoms with van der Waals surface area (Å²) in [6.45, 7) is 1.78. The summed E-state index contributed by atoms with van der Waals surface area (Å²) in [5.74, 6) is -1.50. The van der Waals surface area contributed by atoms with Crippen LogP contribution in [-0.4, -0.2) is 23.0 Å². The maximum atomic E-state index is 11.6. The quantitative estimate of drug-likeness (QED) is 0.791. The first-order chi connectivity index (χ1) is 7.95. The van der Waals surface area contributed by atoms with E-state index in [9.17, 15) is 9.59 Å². The Hall–Kier alpha value is -1.40. The normalized spacial score (nSPS) is 11.9. The number of nitrogens with two attached hydrogens (primary N) is 1. The SMILES string of the molecule is CC[C@@H](N)C(=O)Nc1ccc(Br)cc1C(=O)O. The van der Waals surface area contributed by atoms with Crippen LogP contribution in [0.1, 0.15) is 23.7 Å². The first-order valence-corrected chi connectivity index (χ1v) is 5.84. The molecule has 0 fully saturated rings. The Morgan fingerprint density at radius 1 is 1.53 bits per heavy atom. The number of hydrogen-bond donors (Lipinski definition) is 3. The predicted octanol–water partition coefficient (Wildman–Crippen LogP) is 1.82. The van der Waals surface area contributed by atoms with Crippen molar-refractivity contribution in [2.75, 3.05) is 5.32 Å². The number of benzene rings is 1. The summed E-state index contributed by atoms with van der Waals surface area (Å²) < 4.78 is 0.632. The lowest BCUT2D eigenvalue weighted by Gasteiger charge is -2.12. The number of carboxylic acid groups (broad SMARTS) is 1. The molecule has 0 saturated carbocycles. The van der Waals surface area contributed by atoms with Crippen LogP contribution in [0.3, 0.4) is 0 Å². The number of anilines is 1. The number of carbonyl (C=O) groups excluding carboxylic acids is 1. The van der Waals surface area contributed by atoms with Gasteiger partial charge in [0.25, 0.3) is 0 Å². The molecule has 0 aliphatic heterocycles. The summed E-state index contributed by atoms with van der Waals surface area (Å²) in [4.78, 5) is 22.6. The minimum Gasteiger partial charge on any atom is -0.478 e. The lowest BCUT2D eigenvalue weighted by Crippen LogP contribution is -2.35. The van der Waals surface area contributed by atoms with Crippen LogP contribution in [0.25, 0.3) is 0 Å². The molecule has 1 atom stereocenters. The highest BCUT2D eigenvalue weighted by Gasteiger charge is 2.16. The second kappa shape index (κ2) is 5.79. The zero-order chi connectivity index (χ0) is 13.0. The molecule has 0 unspecified atom stereocenters. The maximum Gasteiger partial charge on any atom is 0.337 e. The van der Waals surface area contributed by atoms with Gasteiger partial charge >= 0.3 is 5.97 Å². The van der Waals surface area contributed by atoms with Gasteiger partial charge in [0.05, 0.1) is 17.3 Å². The van der Waals surface area contributed by atoms with Crippen molar-refractivity contribution in [3.8, 4) is 0 Å². The smallest absolute Gasteiger partial charge is 0.337 e. The summed E-state index contributed by atoms with van der Waals surface area (Å²) in [6, 6.07) is 3.96.